The summed E-state index contributed by atoms with van der Waals surface area (Å²) in [5, 5.41) is 3.47. The van der Waals surface area contributed by atoms with Gasteiger partial charge in [-0.25, -0.2) is 13.8 Å². The van der Waals surface area contributed by atoms with Crippen molar-refractivity contribution in [2.24, 2.45) is 4.99 Å². The predicted octanol–water partition coefficient (Wildman–Crippen LogP) is 4.77. The van der Waals surface area contributed by atoms with Crippen molar-refractivity contribution < 1.29 is 13.6 Å². The van der Waals surface area contributed by atoms with E-state index >= 15 is 0 Å². The number of carbonyl (C=O) groups is 1. The molecule has 0 saturated carbocycles. The quantitative estimate of drug-likeness (QED) is 0.544. The molecule has 1 heterocycles. The Morgan fingerprint density at radius 3 is 2.55 bits per heavy atom. The fourth-order valence-corrected chi connectivity index (χ4v) is 3.93. The molecule has 0 spiro atoms. The summed E-state index contributed by atoms with van der Waals surface area (Å²) in [6.07, 6.45) is -1.09. The molecule has 0 aromatic heterocycles. The van der Waals surface area contributed by atoms with E-state index in [2.05, 4.69) is 5.32 Å². The van der Waals surface area contributed by atoms with E-state index in [-0.39, 0.29) is 16.7 Å². The molecule has 5 nitrogen and oxygen atoms in total. The lowest BCUT2D eigenvalue weighted by molar-refractivity contribution is -0.119. The number of likely N-dealkylation sites (N-methyl/N-ethyl adjacent to an activating group) is 1. The molecule has 1 N–H and O–H groups in total. The van der Waals surface area contributed by atoms with Crippen molar-refractivity contribution in [2.45, 2.75) is 6.17 Å². The normalized spacial score (nSPS) is 15.4. The maximum Gasteiger partial charge on any atom is 0.272 e. The molecule has 0 radical (unpaired) electrons. The third kappa shape index (κ3) is 4.58. The Morgan fingerprint density at radius 2 is 1.85 bits per heavy atom. The van der Waals surface area contributed by atoms with E-state index in [1.54, 1.807) is 25.2 Å². The van der Waals surface area contributed by atoms with Gasteiger partial charge in [0.25, 0.3) is 5.91 Å². The fourth-order valence-electron chi connectivity index (χ4n) is 3.54. The molecule has 1 unspecified atom stereocenters. The molecule has 4 rings (SSSR count). The van der Waals surface area contributed by atoms with Gasteiger partial charge in [0, 0.05) is 36.3 Å². The van der Waals surface area contributed by atoms with E-state index in [9.17, 15) is 13.6 Å². The maximum absolute atomic E-state index is 14.3. The Bertz CT molecular complexity index is 1270. The van der Waals surface area contributed by atoms with E-state index in [1.165, 1.54) is 22.9 Å². The summed E-state index contributed by atoms with van der Waals surface area (Å²) in [5.74, 6) is -1.83. The van der Waals surface area contributed by atoms with Crippen molar-refractivity contribution in [3.05, 3.63) is 94.5 Å². The van der Waals surface area contributed by atoms with Crippen molar-refractivity contribution in [3.8, 4) is 0 Å². The lowest BCUT2D eigenvalue weighted by Gasteiger charge is -2.26. The number of anilines is 2. The number of nitrogens with zero attached hydrogens (tertiary/aromatic N) is 3. The number of benzene rings is 3. The monoisotopic (exact) mass is 484 g/mol. The second kappa shape index (κ2) is 9.25. The Balaban J connectivity index is 1.74. The smallest absolute Gasteiger partial charge is 0.272 e. The summed E-state index contributed by atoms with van der Waals surface area (Å²) >= 11 is 11.7. The molecule has 0 fully saturated rings. The molecular weight excluding hydrogens is 466 g/mol. The lowest BCUT2D eigenvalue weighted by atomic mass is 10.0. The summed E-state index contributed by atoms with van der Waals surface area (Å²) in [6.45, 7) is 0. The van der Waals surface area contributed by atoms with E-state index in [4.69, 9.17) is 28.8 Å². The molecular formula is C24H19ClF2N4OS. The number of thiocarbonyl (C=S) groups is 1. The van der Waals surface area contributed by atoms with Gasteiger partial charge in [0.2, 0.25) is 6.17 Å². The van der Waals surface area contributed by atoms with E-state index in [1.807, 2.05) is 30.3 Å². The lowest BCUT2D eigenvalue weighted by Crippen LogP contribution is -2.50. The molecule has 3 aromatic rings. The van der Waals surface area contributed by atoms with Gasteiger partial charge in [-0.3, -0.25) is 4.79 Å². The number of hydrogen-bond donors (Lipinski definition) is 1. The van der Waals surface area contributed by atoms with Gasteiger partial charge < -0.3 is 15.1 Å². The van der Waals surface area contributed by atoms with Crippen LogP contribution in [0.4, 0.5) is 20.2 Å². The molecule has 9 heteroatoms. The Kier molecular flexibility index (Phi) is 6.40. The molecule has 33 heavy (non-hydrogen) atoms. The highest BCUT2D eigenvalue weighted by Gasteiger charge is 2.31. The van der Waals surface area contributed by atoms with Gasteiger partial charge in [0.15, 0.2) is 5.11 Å². The van der Waals surface area contributed by atoms with Crippen LogP contribution >= 0.6 is 23.8 Å². The van der Waals surface area contributed by atoms with Crippen LogP contribution in [0.2, 0.25) is 5.02 Å². The van der Waals surface area contributed by atoms with Gasteiger partial charge >= 0.3 is 0 Å². The van der Waals surface area contributed by atoms with Gasteiger partial charge in [0.1, 0.15) is 11.6 Å². The molecule has 168 valence electrons. The molecule has 0 saturated heterocycles. The zero-order valence-corrected chi connectivity index (χ0v) is 19.3. The first-order chi connectivity index (χ1) is 15.8. The number of aliphatic imine (C=N–C) groups is 1. The average molecular weight is 485 g/mol. The SMILES string of the molecule is CN(C(=S)NC1N=C(c2ccccc2)c2cc(Cl)ccc2N(C)C1=O)c1ccc(F)cc1F. The van der Waals surface area contributed by atoms with Crippen molar-refractivity contribution in [1.29, 1.82) is 0 Å². The summed E-state index contributed by atoms with van der Waals surface area (Å²) in [5.41, 5.74) is 2.74. The standard InChI is InChI=1S/C24H19ClF2N4OS/c1-30-19-10-8-15(25)12-17(19)21(14-6-4-3-5-7-14)28-22(23(30)32)29-24(33)31(2)20-11-9-16(26)13-18(20)27/h3-13,22H,1-2H3,(H,29,33). The van der Waals surface area contributed by atoms with Crippen LogP contribution in [0, 0.1) is 11.6 Å². The highest BCUT2D eigenvalue weighted by molar-refractivity contribution is 7.80. The first kappa shape index (κ1) is 22.8. The number of benzodiazepines with no additional fused rings is 1. The Morgan fingerprint density at radius 1 is 1.12 bits per heavy atom. The van der Waals surface area contributed by atoms with Crippen molar-refractivity contribution >= 4 is 51.9 Å². The van der Waals surface area contributed by atoms with Crippen molar-refractivity contribution in [3.63, 3.8) is 0 Å². The van der Waals surface area contributed by atoms with Crippen LogP contribution in [0.15, 0.2) is 71.7 Å². The number of halogens is 3. The molecule has 3 aromatic carbocycles. The van der Waals surface area contributed by atoms with E-state index in [0.29, 0.717) is 22.0 Å². The van der Waals surface area contributed by atoms with Crippen LogP contribution in [-0.2, 0) is 4.79 Å². The summed E-state index contributed by atoms with van der Waals surface area (Å²) < 4.78 is 27.6. The zero-order chi connectivity index (χ0) is 23.7. The number of nitrogens with one attached hydrogen (secondary N) is 1. The largest absolute Gasteiger partial charge is 0.333 e. The van der Waals surface area contributed by atoms with Gasteiger partial charge in [-0.1, -0.05) is 41.9 Å². The molecule has 1 atom stereocenters. The third-order valence-corrected chi connectivity index (χ3v) is 5.91. The minimum absolute atomic E-state index is 0.0485. The molecule has 0 bridgehead atoms. The first-order valence-corrected chi connectivity index (χ1v) is 10.7. The average Bonchev–Trinajstić information content (AvgIpc) is 2.89. The van der Waals surface area contributed by atoms with Gasteiger partial charge in [-0.2, -0.15) is 0 Å². The van der Waals surface area contributed by atoms with Crippen LogP contribution < -0.4 is 15.1 Å². The number of hydrogen-bond acceptors (Lipinski definition) is 3. The summed E-state index contributed by atoms with van der Waals surface area (Å²) in [4.78, 5) is 20.8. The highest BCUT2D eigenvalue weighted by atomic mass is 35.5. The molecule has 1 amide bonds. The number of amides is 1. The fraction of sp³-hybridized carbons (Fsp3) is 0.125. The summed E-state index contributed by atoms with van der Waals surface area (Å²) in [7, 11) is 3.16. The number of carbonyl (C=O) groups excluding carboxylic acids is 1. The second-order valence-corrected chi connectivity index (χ2v) is 8.23. The van der Waals surface area contributed by atoms with Crippen LogP contribution in [0.25, 0.3) is 0 Å². The molecule has 1 aliphatic rings. The second-order valence-electron chi connectivity index (χ2n) is 7.41. The summed E-state index contributed by atoms with van der Waals surface area (Å²) in [6, 6.07) is 17.8. The minimum Gasteiger partial charge on any atom is -0.333 e. The van der Waals surface area contributed by atoms with Gasteiger partial charge in [0.05, 0.1) is 17.1 Å². The topological polar surface area (TPSA) is 47.9 Å². The van der Waals surface area contributed by atoms with Crippen molar-refractivity contribution in [2.75, 3.05) is 23.9 Å². The van der Waals surface area contributed by atoms with E-state index in [0.717, 1.165) is 17.7 Å². The third-order valence-electron chi connectivity index (χ3n) is 5.28. The van der Waals surface area contributed by atoms with Crippen LogP contribution in [0.1, 0.15) is 11.1 Å². The molecule has 0 aliphatic carbocycles. The maximum atomic E-state index is 14.3. The van der Waals surface area contributed by atoms with Crippen LogP contribution in [0.5, 0.6) is 0 Å². The van der Waals surface area contributed by atoms with Crippen LogP contribution in [0.3, 0.4) is 0 Å². The number of fused-ring (bicyclic) bond motifs is 1. The Labute approximate surface area is 200 Å². The Hall–Kier alpha value is -3.36. The molecule has 1 aliphatic heterocycles. The van der Waals surface area contributed by atoms with Gasteiger partial charge in [-0.15, -0.1) is 0 Å². The highest BCUT2D eigenvalue weighted by Crippen LogP contribution is 2.30. The van der Waals surface area contributed by atoms with Gasteiger partial charge in [-0.05, 0) is 42.5 Å². The first-order valence-electron chi connectivity index (χ1n) is 9.96. The van der Waals surface area contributed by atoms with Crippen LogP contribution in [-0.4, -0.2) is 37.0 Å². The number of rotatable bonds is 3. The predicted molar refractivity (Wildman–Crippen MR) is 131 cm³/mol. The zero-order valence-electron chi connectivity index (χ0n) is 17.7. The van der Waals surface area contributed by atoms with Crippen molar-refractivity contribution in [1.82, 2.24) is 5.32 Å². The van der Waals surface area contributed by atoms with E-state index < -0.39 is 17.8 Å². The minimum atomic E-state index is -1.09.